The van der Waals surface area contributed by atoms with Gasteiger partial charge in [-0.1, -0.05) is 30.4 Å². The van der Waals surface area contributed by atoms with Crippen LogP contribution in [-0.4, -0.2) is 12.8 Å². The van der Waals surface area contributed by atoms with Gasteiger partial charge in [0.05, 0.1) is 0 Å². The zero-order chi connectivity index (χ0) is 9.80. The highest BCUT2D eigenvalue weighted by atomic mass is 14.7. The molecule has 2 aliphatic carbocycles. The molecular formula is C13H15N. The maximum absolute atomic E-state index is 4.27. The quantitative estimate of drug-likeness (QED) is 0.549. The van der Waals surface area contributed by atoms with Crippen molar-refractivity contribution >= 4 is 5.71 Å². The fourth-order valence-corrected chi connectivity index (χ4v) is 1.83. The lowest BCUT2D eigenvalue weighted by atomic mass is 9.92. The molecule has 0 aromatic rings. The van der Waals surface area contributed by atoms with Crippen LogP contribution in [-0.2, 0) is 0 Å². The van der Waals surface area contributed by atoms with Gasteiger partial charge in [0.1, 0.15) is 0 Å². The van der Waals surface area contributed by atoms with E-state index < -0.39 is 0 Å². The second kappa shape index (κ2) is 4.23. The van der Waals surface area contributed by atoms with Crippen LogP contribution in [0.2, 0.25) is 0 Å². The van der Waals surface area contributed by atoms with Gasteiger partial charge in [-0.15, -0.1) is 0 Å². The molecule has 2 aliphatic rings. The minimum Gasteiger partial charge on any atom is -0.293 e. The predicted octanol–water partition coefficient (Wildman–Crippen LogP) is 3.22. The van der Waals surface area contributed by atoms with Crippen LogP contribution in [0, 0.1) is 0 Å². The maximum Gasteiger partial charge on any atom is 0.0388 e. The summed E-state index contributed by atoms with van der Waals surface area (Å²) in [6.45, 7) is 0. The topological polar surface area (TPSA) is 12.4 Å². The summed E-state index contributed by atoms with van der Waals surface area (Å²) in [6.07, 6.45) is 16.4. The molecule has 0 N–H and O–H groups in total. The number of aliphatic imine (C=N–C) groups is 1. The zero-order valence-corrected chi connectivity index (χ0v) is 8.53. The van der Waals surface area contributed by atoms with E-state index in [1.54, 1.807) is 0 Å². The van der Waals surface area contributed by atoms with Gasteiger partial charge >= 0.3 is 0 Å². The van der Waals surface area contributed by atoms with E-state index in [1.807, 2.05) is 7.05 Å². The fourth-order valence-electron chi connectivity index (χ4n) is 1.83. The molecule has 0 saturated carbocycles. The lowest BCUT2D eigenvalue weighted by molar-refractivity contribution is 0.990. The molecule has 0 fully saturated rings. The van der Waals surface area contributed by atoms with E-state index in [1.165, 1.54) is 24.0 Å². The van der Waals surface area contributed by atoms with Gasteiger partial charge in [0, 0.05) is 19.2 Å². The Kier molecular flexibility index (Phi) is 2.78. The first-order chi connectivity index (χ1) is 6.90. The van der Waals surface area contributed by atoms with Gasteiger partial charge in [0.15, 0.2) is 0 Å². The zero-order valence-electron chi connectivity index (χ0n) is 8.53. The molecule has 0 heterocycles. The van der Waals surface area contributed by atoms with Crippen molar-refractivity contribution in [1.82, 2.24) is 0 Å². The molecule has 0 unspecified atom stereocenters. The Morgan fingerprint density at radius 1 is 1.07 bits per heavy atom. The lowest BCUT2D eigenvalue weighted by Crippen LogP contribution is -2.02. The van der Waals surface area contributed by atoms with Crippen molar-refractivity contribution in [2.24, 2.45) is 4.99 Å². The first-order valence-corrected chi connectivity index (χ1v) is 5.10. The minimum atomic E-state index is 0.975. The van der Waals surface area contributed by atoms with Crippen molar-refractivity contribution < 1.29 is 0 Å². The van der Waals surface area contributed by atoms with Crippen molar-refractivity contribution in [3.63, 3.8) is 0 Å². The van der Waals surface area contributed by atoms with Gasteiger partial charge in [-0.3, -0.25) is 4.99 Å². The number of allylic oxidation sites excluding steroid dienone is 8. The van der Waals surface area contributed by atoms with E-state index in [9.17, 15) is 0 Å². The standard InChI is InChI=1S/C13H15N/c1-14-13-9-5-4-7-11-6-2-3-8-12(11)10-13/h4-9H,2-3,10H2,1H3/b7-4-,9-5-,14-13-. The molecule has 0 aliphatic heterocycles. The second-order valence-corrected chi connectivity index (χ2v) is 3.58. The van der Waals surface area contributed by atoms with Crippen molar-refractivity contribution in [3.05, 3.63) is 47.6 Å². The molecule has 72 valence electrons. The average molecular weight is 185 g/mol. The lowest BCUT2D eigenvalue weighted by Gasteiger charge is -2.14. The number of nitrogens with zero attached hydrogens (tertiary/aromatic N) is 1. The molecule has 0 spiro atoms. The first kappa shape index (κ1) is 9.20. The highest BCUT2D eigenvalue weighted by Crippen LogP contribution is 2.24. The Morgan fingerprint density at radius 2 is 1.86 bits per heavy atom. The Balaban J connectivity index is 2.34. The summed E-state index contributed by atoms with van der Waals surface area (Å²) in [6, 6.07) is 0. The van der Waals surface area contributed by atoms with Gasteiger partial charge in [-0.25, -0.2) is 0 Å². The number of rotatable bonds is 0. The Bertz CT molecular complexity index is 365. The Morgan fingerprint density at radius 3 is 2.71 bits per heavy atom. The van der Waals surface area contributed by atoms with Crippen LogP contribution < -0.4 is 0 Å². The van der Waals surface area contributed by atoms with Crippen LogP contribution in [0.4, 0.5) is 0 Å². The number of hydrogen-bond acceptors (Lipinski definition) is 1. The third kappa shape index (κ3) is 1.92. The molecule has 14 heavy (non-hydrogen) atoms. The van der Waals surface area contributed by atoms with Gasteiger partial charge < -0.3 is 0 Å². The SMILES string of the molecule is C/N=C1/C=C\C=C/C2=CCCC=C2C1. The van der Waals surface area contributed by atoms with E-state index in [2.05, 4.69) is 41.4 Å². The summed E-state index contributed by atoms with van der Waals surface area (Å²) in [5.74, 6) is 0. The molecule has 0 bridgehead atoms. The van der Waals surface area contributed by atoms with Crippen molar-refractivity contribution in [3.8, 4) is 0 Å². The highest BCUT2D eigenvalue weighted by molar-refractivity contribution is 5.97. The summed E-state index contributed by atoms with van der Waals surface area (Å²) < 4.78 is 0. The smallest absolute Gasteiger partial charge is 0.0388 e. The maximum atomic E-state index is 4.27. The third-order valence-corrected chi connectivity index (χ3v) is 2.63. The van der Waals surface area contributed by atoms with Crippen molar-refractivity contribution in [2.45, 2.75) is 19.3 Å². The molecule has 0 aromatic carbocycles. The van der Waals surface area contributed by atoms with Crippen LogP contribution in [0.3, 0.4) is 0 Å². The summed E-state index contributed by atoms with van der Waals surface area (Å²) in [5.41, 5.74) is 3.97. The van der Waals surface area contributed by atoms with Gasteiger partial charge in [-0.05, 0) is 30.1 Å². The van der Waals surface area contributed by atoms with Crippen LogP contribution >= 0.6 is 0 Å². The summed E-state index contributed by atoms with van der Waals surface area (Å²) in [7, 11) is 1.86. The van der Waals surface area contributed by atoms with Crippen molar-refractivity contribution in [2.75, 3.05) is 7.05 Å². The summed E-state index contributed by atoms with van der Waals surface area (Å²) >= 11 is 0. The molecule has 0 saturated heterocycles. The van der Waals surface area contributed by atoms with E-state index in [-0.39, 0.29) is 0 Å². The monoisotopic (exact) mass is 185 g/mol. The minimum absolute atomic E-state index is 0.975. The van der Waals surface area contributed by atoms with Crippen molar-refractivity contribution in [1.29, 1.82) is 0 Å². The Labute approximate surface area is 85.2 Å². The molecule has 0 amide bonds. The molecule has 2 rings (SSSR count). The fraction of sp³-hybridized carbons (Fsp3) is 0.308. The second-order valence-electron chi connectivity index (χ2n) is 3.58. The van der Waals surface area contributed by atoms with Crippen LogP contribution in [0.1, 0.15) is 19.3 Å². The molecule has 0 aromatic heterocycles. The first-order valence-electron chi connectivity index (χ1n) is 5.10. The van der Waals surface area contributed by atoms with E-state index >= 15 is 0 Å². The molecule has 0 atom stereocenters. The summed E-state index contributed by atoms with van der Waals surface area (Å²) in [4.78, 5) is 4.27. The summed E-state index contributed by atoms with van der Waals surface area (Å²) in [5, 5.41) is 0. The van der Waals surface area contributed by atoms with Gasteiger partial charge in [-0.2, -0.15) is 0 Å². The molecular weight excluding hydrogens is 170 g/mol. The van der Waals surface area contributed by atoms with Crippen LogP contribution in [0.25, 0.3) is 0 Å². The van der Waals surface area contributed by atoms with E-state index in [4.69, 9.17) is 0 Å². The van der Waals surface area contributed by atoms with Gasteiger partial charge in [0.25, 0.3) is 0 Å². The van der Waals surface area contributed by atoms with Crippen LogP contribution in [0.15, 0.2) is 52.6 Å². The average Bonchev–Trinajstić information content (AvgIpc) is 2.19. The molecule has 1 nitrogen and oxygen atoms in total. The van der Waals surface area contributed by atoms with Gasteiger partial charge in [0.2, 0.25) is 0 Å². The number of hydrogen-bond donors (Lipinski definition) is 0. The predicted molar refractivity (Wildman–Crippen MR) is 61.7 cm³/mol. The molecule has 0 radical (unpaired) electrons. The van der Waals surface area contributed by atoms with Crippen LogP contribution in [0.5, 0.6) is 0 Å². The third-order valence-electron chi connectivity index (χ3n) is 2.63. The van der Waals surface area contributed by atoms with E-state index in [0.717, 1.165) is 12.1 Å². The molecule has 1 heteroatoms. The van der Waals surface area contributed by atoms with E-state index in [0.29, 0.717) is 0 Å². The Hall–Kier alpha value is -1.37. The number of fused-ring (bicyclic) bond motifs is 1. The normalized spacial score (nSPS) is 28.2. The largest absolute Gasteiger partial charge is 0.293 e. The highest BCUT2D eigenvalue weighted by Gasteiger charge is 2.09.